The second kappa shape index (κ2) is 12.9. The summed E-state index contributed by atoms with van der Waals surface area (Å²) in [7, 11) is 0. The van der Waals surface area contributed by atoms with Crippen LogP contribution in [0.5, 0.6) is 0 Å². The van der Waals surface area contributed by atoms with E-state index in [2.05, 4.69) is 5.32 Å². The molecule has 0 saturated carbocycles. The number of hydrogen-bond donors (Lipinski definition) is 8. The van der Waals surface area contributed by atoms with Gasteiger partial charge in [-0.15, -0.1) is 0 Å². The number of aliphatic hydroxyl groups is 7. The zero-order chi connectivity index (χ0) is 23.2. The average Bonchev–Trinajstić information content (AvgIpc) is 2.74. The summed E-state index contributed by atoms with van der Waals surface area (Å²) in [4.78, 5) is 25.7. The van der Waals surface area contributed by atoms with Gasteiger partial charge in [0.25, 0.3) is 11.8 Å². The Morgan fingerprint density at radius 2 is 1.43 bits per heavy atom. The van der Waals surface area contributed by atoms with Crippen LogP contribution in [0.25, 0.3) is 0 Å². The first-order valence-electron chi connectivity index (χ1n) is 8.34. The molecule has 0 radical (unpaired) electrons. The lowest BCUT2D eigenvalue weighted by atomic mass is 10.1. The Morgan fingerprint density at radius 3 is 1.90 bits per heavy atom. The van der Waals surface area contributed by atoms with Gasteiger partial charge in [0.2, 0.25) is 0 Å². The second-order valence-corrected chi connectivity index (χ2v) is 9.21. The zero-order valence-corrected chi connectivity index (χ0v) is 21.8. The van der Waals surface area contributed by atoms with E-state index in [-0.39, 0.29) is 14.9 Å². The van der Waals surface area contributed by atoms with Gasteiger partial charge in [-0.1, -0.05) is 0 Å². The van der Waals surface area contributed by atoms with E-state index in [1.54, 1.807) is 22.6 Å². The van der Waals surface area contributed by atoms with Crippen LogP contribution in [0.3, 0.4) is 0 Å². The van der Waals surface area contributed by atoms with Crippen LogP contribution in [0.15, 0.2) is 0 Å². The molecule has 11 nitrogen and oxygen atoms in total. The molecule has 14 heteroatoms. The van der Waals surface area contributed by atoms with E-state index in [0.29, 0.717) is 12.7 Å². The maximum absolute atomic E-state index is 12.7. The molecule has 170 valence electrons. The van der Waals surface area contributed by atoms with E-state index in [0.717, 1.165) is 4.90 Å². The van der Waals surface area contributed by atoms with Crippen molar-refractivity contribution in [2.45, 2.75) is 24.9 Å². The first kappa shape index (κ1) is 28.1. The summed E-state index contributed by atoms with van der Waals surface area (Å²) in [6.45, 7) is -3.33. The van der Waals surface area contributed by atoms with E-state index >= 15 is 0 Å². The Labute approximate surface area is 212 Å². The topological polar surface area (TPSA) is 191 Å². The fourth-order valence-corrected chi connectivity index (χ4v) is 6.65. The summed E-state index contributed by atoms with van der Waals surface area (Å²) in [6.07, 6.45) is -4.90. The van der Waals surface area contributed by atoms with E-state index in [9.17, 15) is 40.2 Å². The summed E-state index contributed by atoms with van der Waals surface area (Å²) >= 11 is 5.52. The molecule has 0 heterocycles. The Balaban J connectivity index is 3.72. The Kier molecular flexibility index (Phi) is 12.1. The Morgan fingerprint density at radius 1 is 0.867 bits per heavy atom. The van der Waals surface area contributed by atoms with Crippen LogP contribution < -0.4 is 10.2 Å². The molecule has 8 N–H and O–H groups in total. The van der Waals surface area contributed by atoms with Crippen LogP contribution in [0.1, 0.15) is 5.56 Å². The molecule has 0 bridgehead atoms. The van der Waals surface area contributed by atoms with Crippen molar-refractivity contribution in [2.24, 2.45) is 0 Å². The standard InChI is InChI=1S/C16H21I3N2O9/c17-10-7(3-23)11(18)14(12(19)13(10)20-15(29)8(27)4-24)21(1-6(26)2-22)16(30)9(28)5-25/h6,8-9,22-28H,1-5H2,(H,20,29). The third-order valence-electron chi connectivity index (χ3n) is 3.86. The van der Waals surface area contributed by atoms with E-state index in [1.807, 2.05) is 45.2 Å². The van der Waals surface area contributed by atoms with Crippen LogP contribution in [-0.4, -0.2) is 92.2 Å². The van der Waals surface area contributed by atoms with Crippen molar-refractivity contribution in [1.29, 1.82) is 0 Å². The van der Waals surface area contributed by atoms with E-state index in [4.69, 9.17) is 5.11 Å². The summed E-state index contributed by atoms with van der Waals surface area (Å²) in [6, 6.07) is 0. The number of carbonyl (C=O) groups excluding carboxylic acids is 2. The van der Waals surface area contributed by atoms with Crippen LogP contribution in [0.4, 0.5) is 11.4 Å². The molecule has 1 aromatic carbocycles. The molecular weight excluding hydrogens is 745 g/mol. The van der Waals surface area contributed by atoms with Gasteiger partial charge >= 0.3 is 0 Å². The van der Waals surface area contributed by atoms with Gasteiger partial charge in [0.1, 0.15) is 0 Å². The number of nitrogens with one attached hydrogen (secondary N) is 1. The molecule has 1 rings (SSSR count). The summed E-state index contributed by atoms with van der Waals surface area (Å²) in [5.41, 5.74) is 0.553. The molecule has 2 amide bonds. The van der Waals surface area contributed by atoms with Gasteiger partial charge in [-0.25, -0.2) is 0 Å². The van der Waals surface area contributed by atoms with E-state index < -0.39 is 63.1 Å². The van der Waals surface area contributed by atoms with Crippen LogP contribution in [0, 0.1) is 10.7 Å². The molecule has 0 fully saturated rings. The van der Waals surface area contributed by atoms with Crippen molar-refractivity contribution in [1.82, 2.24) is 0 Å². The maximum Gasteiger partial charge on any atom is 0.258 e. The number of nitrogens with zero attached hydrogens (tertiary/aromatic N) is 1. The predicted octanol–water partition coefficient (Wildman–Crippen LogP) is -1.68. The number of anilines is 2. The van der Waals surface area contributed by atoms with Crippen molar-refractivity contribution >= 4 is 91.0 Å². The van der Waals surface area contributed by atoms with Crippen molar-refractivity contribution in [3.8, 4) is 0 Å². The quantitative estimate of drug-likeness (QED) is 0.129. The summed E-state index contributed by atoms with van der Waals surface area (Å²) < 4.78 is 1.04. The normalized spacial score (nSPS) is 14.2. The van der Waals surface area contributed by atoms with Crippen LogP contribution >= 0.6 is 67.8 Å². The fourth-order valence-electron chi connectivity index (χ4n) is 2.29. The first-order valence-corrected chi connectivity index (χ1v) is 11.6. The summed E-state index contributed by atoms with van der Waals surface area (Å²) in [5.74, 6) is -1.90. The molecule has 30 heavy (non-hydrogen) atoms. The predicted molar refractivity (Wildman–Crippen MR) is 131 cm³/mol. The largest absolute Gasteiger partial charge is 0.394 e. The number of benzene rings is 1. The SMILES string of the molecule is O=C(Nc1c(I)c(CO)c(I)c(N(CC(O)CO)C(=O)C(O)CO)c1I)C(O)CO. The molecule has 0 aromatic heterocycles. The lowest BCUT2D eigenvalue weighted by Gasteiger charge is -2.30. The third-order valence-corrected chi connectivity index (χ3v) is 7.27. The molecule has 0 saturated heterocycles. The number of rotatable bonds is 10. The molecule has 3 unspecified atom stereocenters. The molecule has 0 aliphatic carbocycles. The van der Waals surface area contributed by atoms with Gasteiger partial charge in [0, 0.05) is 12.7 Å². The average molecular weight is 766 g/mol. The highest BCUT2D eigenvalue weighted by molar-refractivity contribution is 14.1. The molecular formula is C16H21I3N2O9. The van der Waals surface area contributed by atoms with E-state index in [1.165, 1.54) is 0 Å². The van der Waals surface area contributed by atoms with Crippen LogP contribution in [-0.2, 0) is 16.2 Å². The minimum atomic E-state index is -1.81. The highest BCUT2D eigenvalue weighted by Crippen LogP contribution is 2.41. The number of carbonyl (C=O) groups is 2. The van der Waals surface area contributed by atoms with Crippen molar-refractivity contribution in [2.75, 3.05) is 36.6 Å². The first-order chi connectivity index (χ1) is 14.0. The fraction of sp³-hybridized carbons (Fsp3) is 0.500. The molecule has 0 aliphatic heterocycles. The molecule has 0 spiro atoms. The monoisotopic (exact) mass is 766 g/mol. The van der Waals surface area contributed by atoms with Gasteiger partial charge in [-0.2, -0.15) is 0 Å². The van der Waals surface area contributed by atoms with Gasteiger partial charge < -0.3 is 46.0 Å². The van der Waals surface area contributed by atoms with Gasteiger partial charge in [-0.3, -0.25) is 9.59 Å². The Bertz CT molecular complexity index is 781. The maximum atomic E-state index is 12.7. The minimum Gasteiger partial charge on any atom is -0.394 e. The third kappa shape index (κ3) is 6.54. The molecule has 1 aromatic rings. The van der Waals surface area contributed by atoms with Gasteiger partial charge in [0.05, 0.1) is 54.0 Å². The zero-order valence-electron chi connectivity index (χ0n) is 15.3. The lowest BCUT2D eigenvalue weighted by Crippen LogP contribution is -2.46. The number of amides is 2. The van der Waals surface area contributed by atoms with Gasteiger partial charge in [0.15, 0.2) is 12.2 Å². The molecule has 3 atom stereocenters. The summed E-state index contributed by atoms with van der Waals surface area (Å²) in [5, 5.41) is 69.0. The smallest absolute Gasteiger partial charge is 0.258 e. The second-order valence-electron chi connectivity index (χ2n) is 5.97. The number of aliphatic hydroxyl groups excluding tert-OH is 7. The lowest BCUT2D eigenvalue weighted by molar-refractivity contribution is -0.129. The molecule has 0 aliphatic rings. The minimum absolute atomic E-state index is 0.111. The van der Waals surface area contributed by atoms with Crippen molar-refractivity contribution in [3.05, 3.63) is 16.3 Å². The van der Waals surface area contributed by atoms with Gasteiger partial charge in [-0.05, 0) is 67.8 Å². The highest BCUT2D eigenvalue weighted by atomic mass is 127. The number of halogens is 3. The van der Waals surface area contributed by atoms with Crippen molar-refractivity contribution < 1.29 is 45.3 Å². The Hall–Kier alpha value is 0.0700. The van der Waals surface area contributed by atoms with Crippen LogP contribution in [0.2, 0.25) is 0 Å². The number of hydrogen-bond acceptors (Lipinski definition) is 9. The highest BCUT2D eigenvalue weighted by Gasteiger charge is 2.32. The van der Waals surface area contributed by atoms with Crippen molar-refractivity contribution in [3.63, 3.8) is 0 Å².